The second-order valence-electron chi connectivity index (χ2n) is 4.15. The Balaban J connectivity index is 2.49. The van der Waals surface area contributed by atoms with Gasteiger partial charge in [-0.3, -0.25) is 4.79 Å². The molecular formula is C14H6ClF5O. The number of hydrogen-bond donors (Lipinski definition) is 0. The molecule has 0 fully saturated rings. The van der Waals surface area contributed by atoms with Gasteiger partial charge in [-0.05, 0) is 36.4 Å². The molecule has 0 heterocycles. The molecule has 0 aliphatic rings. The Bertz CT molecular complexity index is 709. The molecule has 110 valence electrons. The van der Waals surface area contributed by atoms with Gasteiger partial charge >= 0.3 is 6.18 Å². The minimum Gasteiger partial charge on any atom is -0.288 e. The number of carbonyl (C=O) groups is 1. The summed E-state index contributed by atoms with van der Waals surface area (Å²) in [5.74, 6) is -3.46. The van der Waals surface area contributed by atoms with Gasteiger partial charge in [0.2, 0.25) is 0 Å². The molecule has 1 nitrogen and oxygen atoms in total. The minimum absolute atomic E-state index is 0.0409. The molecule has 0 aliphatic carbocycles. The van der Waals surface area contributed by atoms with Crippen LogP contribution in [-0.4, -0.2) is 5.78 Å². The molecule has 2 aromatic rings. The van der Waals surface area contributed by atoms with Gasteiger partial charge in [0.15, 0.2) is 5.78 Å². The van der Waals surface area contributed by atoms with Crippen LogP contribution in [0.3, 0.4) is 0 Å². The van der Waals surface area contributed by atoms with E-state index in [1.807, 2.05) is 0 Å². The van der Waals surface area contributed by atoms with E-state index in [1.54, 1.807) is 0 Å². The first-order valence-corrected chi connectivity index (χ1v) is 5.94. The van der Waals surface area contributed by atoms with Crippen molar-refractivity contribution in [2.45, 2.75) is 6.18 Å². The summed E-state index contributed by atoms with van der Waals surface area (Å²) in [5, 5.41) is 0.0409. The summed E-state index contributed by atoms with van der Waals surface area (Å²) in [4.78, 5) is 12.0. The summed E-state index contributed by atoms with van der Waals surface area (Å²) in [5.41, 5.74) is -2.49. The standard InChI is InChI=1S/C14H6ClF5O/c15-8-2-3-9(12(17)6-8)13(21)7-1-4-11(16)10(5-7)14(18,19)20/h1-6H. The molecule has 0 spiro atoms. The quantitative estimate of drug-likeness (QED) is 0.570. The minimum atomic E-state index is -4.95. The number of hydrogen-bond acceptors (Lipinski definition) is 1. The summed E-state index contributed by atoms with van der Waals surface area (Å²) in [6.45, 7) is 0. The maximum Gasteiger partial charge on any atom is 0.419 e. The van der Waals surface area contributed by atoms with Crippen molar-refractivity contribution >= 4 is 17.4 Å². The predicted octanol–water partition coefficient (Wildman–Crippen LogP) is 4.87. The molecule has 0 saturated carbocycles. The lowest BCUT2D eigenvalue weighted by molar-refractivity contribution is -0.140. The first kappa shape index (κ1) is 15.4. The molecule has 0 radical (unpaired) electrons. The van der Waals surface area contributed by atoms with Gasteiger partial charge in [-0.15, -0.1) is 0 Å². The number of rotatable bonds is 2. The SMILES string of the molecule is O=C(c1ccc(F)c(C(F)(F)F)c1)c1ccc(Cl)cc1F. The van der Waals surface area contributed by atoms with Crippen molar-refractivity contribution in [2.75, 3.05) is 0 Å². The second-order valence-corrected chi connectivity index (χ2v) is 4.58. The largest absolute Gasteiger partial charge is 0.419 e. The molecular weight excluding hydrogens is 315 g/mol. The Labute approximate surface area is 121 Å². The fourth-order valence-electron chi connectivity index (χ4n) is 1.71. The van der Waals surface area contributed by atoms with Gasteiger partial charge in [-0.25, -0.2) is 8.78 Å². The zero-order valence-electron chi connectivity index (χ0n) is 10.1. The summed E-state index contributed by atoms with van der Waals surface area (Å²) >= 11 is 5.52. The first-order chi connectivity index (χ1) is 9.70. The van der Waals surface area contributed by atoms with E-state index in [2.05, 4.69) is 0 Å². The molecule has 0 N–H and O–H groups in total. The van der Waals surface area contributed by atoms with Crippen molar-refractivity contribution in [3.8, 4) is 0 Å². The first-order valence-electron chi connectivity index (χ1n) is 5.56. The normalized spacial score (nSPS) is 11.5. The van der Waals surface area contributed by atoms with Crippen molar-refractivity contribution in [3.63, 3.8) is 0 Å². The van der Waals surface area contributed by atoms with Gasteiger partial charge in [-0.1, -0.05) is 11.6 Å². The topological polar surface area (TPSA) is 17.1 Å². The summed E-state index contributed by atoms with van der Waals surface area (Å²) in [6.07, 6.45) is -4.95. The Kier molecular flexibility index (Phi) is 4.00. The summed E-state index contributed by atoms with van der Waals surface area (Å²) in [6, 6.07) is 4.88. The highest BCUT2D eigenvalue weighted by Crippen LogP contribution is 2.32. The van der Waals surface area contributed by atoms with Gasteiger partial charge in [0.1, 0.15) is 11.6 Å². The van der Waals surface area contributed by atoms with Crippen LogP contribution in [0.15, 0.2) is 36.4 Å². The third kappa shape index (κ3) is 3.21. The van der Waals surface area contributed by atoms with Crippen LogP contribution in [0.4, 0.5) is 22.0 Å². The number of carbonyl (C=O) groups excluding carboxylic acids is 1. The molecule has 2 rings (SSSR count). The smallest absolute Gasteiger partial charge is 0.288 e. The van der Waals surface area contributed by atoms with E-state index in [1.165, 1.54) is 6.07 Å². The zero-order chi connectivity index (χ0) is 15.8. The van der Waals surface area contributed by atoms with Crippen LogP contribution in [0.25, 0.3) is 0 Å². The van der Waals surface area contributed by atoms with Crippen molar-refractivity contribution in [1.82, 2.24) is 0 Å². The number of halogens is 6. The van der Waals surface area contributed by atoms with E-state index in [0.29, 0.717) is 12.1 Å². The molecule has 0 aromatic heterocycles. The molecule has 0 bridgehead atoms. The highest BCUT2D eigenvalue weighted by Gasteiger charge is 2.34. The molecule has 0 amide bonds. The molecule has 0 unspecified atom stereocenters. The van der Waals surface area contributed by atoms with Crippen molar-refractivity contribution < 1.29 is 26.7 Å². The van der Waals surface area contributed by atoms with E-state index >= 15 is 0 Å². The lowest BCUT2D eigenvalue weighted by atomic mass is 10.0. The molecule has 2 aromatic carbocycles. The summed E-state index contributed by atoms with van der Waals surface area (Å²) in [7, 11) is 0. The van der Waals surface area contributed by atoms with E-state index in [4.69, 9.17) is 11.6 Å². The fraction of sp³-hybridized carbons (Fsp3) is 0.0714. The van der Waals surface area contributed by atoms with Crippen molar-refractivity contribution in [2.24, 2.45) is 0 Å². The molecule has 21 heavy (non-hydrogen) atoms. The predicted molar refractivity (Wildman–Crippen MR) is 66.2 cm³/mol. The number of ketones is 1. The van der Waals surface area contributed by atoms with Crippen LogP contribution in [0, 0.1) is 11.6 Å². The van der Waals surface area contributed by atoms with Gasteiger partial charge in [0, 0.05) is 10.6 Å². The van der Waals surface area contributed by atoms with Crippen LogP contribution >= 0.6 is 11.6 Å². The lowest BCUT2D eigenvalue weighted by Crippen LogP contribution is -2.11. The Morgan fingerprint density at radius 2 is 1.62 bits per heavy atom. The molecule has 0 aliphatic heterocycles. The van der Waals surface area contributed by atoms with Gasteiger partial charge in [0.05, 0.1) is 11.1 Å². The highest BCUT2D eigenvalue weighted by atomic mass is 35.5. The maximum absolute atomic E-state index is 13.6. The molecule has 0 saturated heterocycles. The highest BCUT2D eigenvalue weighted by molar-refractivity contribution is 6.30. The van der Waals surface area contributed by atoms with Crippen LogP contribution in [0.1, 0.15) is 21.5 Å². The Hall–Kier alpha value is -1.95. The van der Waals surface area contributed by atoms with Crippen molar-refractivity contribution in [1.29, 1.82) is 0 Å². The average molecular weight is 321 g/mol. The third-order valence-electron chi connectivity index (χ3n) is 2.71. The number of alkyl halides is 3. The van der Waals surface area contributed by atoms with Crippen LogP contribution < -0.4 is 0 Å². The van der Waals surface area contributed by atoms with Crippen molar-refractivity contribution in [3.05, 3.63) is 69.7 Å². The monoisotopic (exact) mass is 320 g/mol. The van der Waals surface area contributed by atoms with Gasteiger partial charge in [-0.2, -0.15) is 13.2 Å². The van der Waals surface area contributed by atoms with Crippen LogP contribution in [-0.2, 0) is 6.18 Å². The van der Waals surface area contributed by atoms with Crippen LogP contribution in [0.5, 0.6) is 0 Å². The Morgan fingerprint density at radius 3 is 2.19 bits per heavy atom. The maximum atomic E-state index is 13.6. The lowest BCUT2D eigenvalue weighted by Gasteiger charge is -2.10. The van der Waals surface area contributed by atoms with Gasteiger partial charge in [0.25, 0.3) is 0 Å². The van der Waals surface area contributed by atoms with Gasteiger partial charge < -0.3 is 0 Å². The average Bonchev–Trinajstić information content (AvgIpc) is 2.37. The summed E-state index contributed by atoms with van der Waals surface area (Å²) < 4.78 is 64.5. The number of benzene rings is 2. The second kappa shape index (κ2) is 5.44. The van der Waals surface area contributed by atoms with Crippen LogP contribution in [0.2, 0.25) is 5.02 Å². The Morgan fingerprint density at radius 1 is 0.952 bits per heavy atom. The van der Waals surface area contributed by atoms with E-state index in [0.717, 1.165) is 18.2 Å². The third-order valence-corrected chi connectivity index (χ3v) is 2.94. The van der Waals surface area contributed by atoms with E-state index in [-0.39, 0.29) is 5.02 Å². The van der Waals surface area contributed by atoms with E-state index < -0.39 is 40.3 Å². The fourth-order valence-corrected chi connectivity index (χ4v) is 1.87. The molecule has 0 atom stereocenters. The zero-order valence-corrected chi connectivity index (χ0v) is 10.9. The molecule has 7 heteroatoms. The van der Waals surface area contributed by atoms with E-state index in [9.17, 15) is 26.7 Å².